The normalized spacial score (nSPS) is 28.8. The summed E-state index contributed by atoms with van der Waals surface area (Å²) in [5.74, 6) is -1.69. The second kappa shape index (κ2) is 11.2. The van der Waals surface area contributed by atoms with Gasteiger partial charge in [0.25, 0.3) is 5.79 Å². The second-order valence-corrected chi connectivity index (χ2v) is 8.52. The van der Waals surface area contributed by atoms with E-state index in [1.807, 2.05) is 0 Å². The van der Waals surface area contributed by atoms with Crippen LogP contribution in [0.2, 0.25) is 0 Å². The lowest BCUT2D eigenvalue weighted by Crippen LogP contribution is -2.40. The molecule has 0 spiro atoms. The van der Waals surface area contributed by atoms with Crippen LogP contribution in [-0.4, -0.2) is 40.3 Å². The Bertz CT molecular complexity index is 471. The number of hydrogen-bond donors (Lipinski definition) is 3. The van der Waals surface area contributed by atoms with Gasteiger partial charge >= 0.3 is 5.97 Å². The molecule has 2 aliphatic rings. The molecule has 0 saturated heterocycles. The fourth-order valence-corrected chi connectivity index (χ4v) is 4.84. The standard InChI is InChI=1S/C22H38O5/c1-27-22(26,21(24)25)16-8-2-3-13-19-18(14-15-20(19)23)12-7-6-11-17-9-4-5-10-17/h7,12,17-20,23,26H,2-6,8-11,13-16H2,1H3,(H,24,25)/t18-,19+,20-,22?/m0/s1. The molecule has 0 aromatic rings. The highest BCUT2D eigenvalue weighted by Gasteiger charge is 2.36. The van der Waals surface area contributed by atoms with E-state index in [4.69, 9.17) is 9.84 Å². The van der Waals surface area contributed by atoms with Crippen molar-refractivity contribution in [3.63, 3.8) is 0 Å². The van der Waals surface area contributed by atoms with Crippen LogP contribution in [0.3, 0.4) is 0 Å². The number of carboxylic acid groups (broad SMARTS) is 1. The molecule has 0 bridgehead atoms. The molecule has 4 atom stereocenters. The van der Waals surface area contributed by atoms with Gasteiger partial charge in [-0.2, -0.15) is 0 Å². The number of allylic oxidation sites excluding steroid dienone is 2. The monoisotopic (exact) mass is 382 g/mol. The molecule has 5 heteroatoms. The minimum Gasteiger partial charge on any atom is -0.477 e. The summed E-state index contributed by atoms with van der Waals surface area (Å²) >= 11 is 0. The van der Waals surface area contributed by atoms with Crippen LogP contribution in [0.25, 0.3) is 0 Å². The first kappa shape index (κ1) is 22.4. The Hall–Kier alpha value is -0.910. The number of hydrogen-bond acceptors (Lipinski definition) is 4. The van der Waals surface area contributed by atoms with Crippen molar-refractivity contribution < 1.29 is 24.9 Å². The molecular weight excluding hydrogens is 344 g/mol. The number of carboxylic acids is 1. The Morgan fingerprint density at radius 3 is 2.52 bits per heavy atom. The van der Waals surface area contributed by atoms with Crippen LogP contribution in [0.5, 0.6) is 0 Å². The predicted octanol–water partition coefficient (Wildman–Crippen LogP) is 4.27. The molecule has 2 rings (SSSR count). The third kappa shape index (κ3) is 6.88. The van der Waals surface area contributed by atoms with Crippen LogP contribution in [0.1, 0.15) is 83.5 Å². The molecule has 0 radical (unpaired) electrons. The molecule has 2 saturated carbocycles. The van der Waals surface area contributed by atoms with E-state index in [0.29, 0.717) is 18.3 Å². The molecule has 3 N–H and O–H groups in total. The first-order chi connectivity index (χ1) is 13.0. The van der Waals surface area contributed by atoms with Gasteiger partial charge in [-0.3, -0.25) is 0 Å². The van der Waals surface area contributed by atoms with Crippen LogP contribution in [0.15, 0.2) is 12.2 Å². The molecule has 0 heterocycles. The molecule has 5 nitrogen and oxygen atoms in total. The number of ether oxygens (including phenoxy) is 1. The second-order valence-electron chi connectivity index (χ2n) is 8.52. The van der Waals surface area contributed by atoms with Crippen molar-refractivity contribution in [2.24, 2.45) is 17.8 Å². The average Bonchev–Trinajstić information content (AvgIpc) is 3.28. The zero-order chi connectivity index (χ0) is 19.7. The lowest BCUT2D eigenvalue weighted by atomic mass is 9.88. The van der Waals surface area contributed by atoms with Crippen molar-refractivity contribution in [2.75, 3.05) is 7.11 Å². The number of aliphatic hydroxyl groups is 2. The van der Waals surface area contributed by atoms with Crippen LogP contribution in [-0.2, 0) is 9.53 Å². The molecule has 1 unspecified atom stereocenters. The zero-order valence-electron chi connectivity index (χ0n) is 16.8. The SMILES string of the molecule is COC(O)(CCCCC[C@H]1[C@@H](O)CC[C@@H]1C=CCCC1CCCC1)C(=O)O. The summed E-state index contributed by atoms with van der Waals surface area (Å²) in [6, 6.07) is 0. The maximum Gasteiger partial charge on any atom is 0.364 e. The molecule has 0 amide bonds. The lowest BCUT2D eigenvalue weighted by Gasteiger charge is -2.22. The minimum atomic E-state index is -2.07. The van der Waals surface area contributed by atoms with Gasteiger partial charge in [0, 0.05) is 13.5 Å². The number of unbranched alkanes of at least 4 members (excludes halogenated alkanes) is 2. The fourth-order valence-electron chi connectivity index (χ4n) is 4.84. The maximum absolute atomic E-state index is 11.0. The van der Waals surface area contributed by atoms with Crippen molar-refractivity contribution >= 4 is 5.97 Å². The number of aliphatic carboxylic acids is 1. The highest BCUT2D eigenvalue weighted by Crippen LogP contribution is 2.37. The summed E-state index contributed by atoms with van der Waals surface area (Å²) in [5, 5.41) is 29.1. The zero-order valence-corrected chi connectivity index (χ0v) is 16.8. The smallest absolute Gasteiger partial charge is 0.364 e. The fraction of sp³-hybridized carbons (Fsp3) is 0.864. The van der Waals surface area contributed by atoms with Gasteiger partial charge in [-0.25, -0.2) is 4.79 Å². The molecule has 2 fully saturated rings. The summed E-state index contributed by atoms with van der Waals surface area (Å²) in [7, 11) is 1.21. The minimum absolute atomic E-state index is 0.0938. The van der Waals surface area contributed by atoms with E-state index in [0.717, 1.165) is 44.4 Å². The number of carbonyl (C=O) groups is 1. The molecule has 0 aromatic carbocycles. The molecule has 27 heavy (non-hydrogen) atoms. The molecule has 2 aliphatic carbocycles. The average molecular weight is 383 g/mol. The van der Waals surface area contributed by atoms with E-state index in [1.165, 1.54) is 39.2 Å². The van der Waals surface area contributed by atoms with E-state index >= 15 is 0 Å². The topological polar surface area (TPSA) is 87.0 Å². The van der Waals surface area contributed by atoms with Crippen molar-refractivity contribution in [2.45, 2.75) is 95.4 Å². The van der Waals surface area contributed by atoms with Gasteiger partial charge in [-0.05, 0) is 56.3 Å². The van der Waals surface area contributed by atoms with E-state index < -0.39 is 11.8 Å². The van der Waals surface area contributed by atoms with Gasteiger partial charge in [0.2, 0.25) is 0 Å². The Morgan fingerprint density at radius 1 is 1.11 bits per heavy atom. The van der Waals surface area contributed by atoms with Gasteiger partial charge < -0.3 is 20.1 Å². The first-order valence-corrected chi connectivity index (χ1v) is 10.8. The van der Waals surface area contributed by atoms with Gasteiger partial charge in [-0.15, -0.1) is 0 Å². The third-order valence-corrected chi connectivity index (χ3v) is 6.66. The summed E-state index contributed by atoms with van der Waals surface area (Å²) in [6.07, 6.45) is 17.9. The van der Waals surface area contributed by atoms with Crippen LogP contribution in [0.4, 0.5) is 0 Å². The summed E-state index contributed by atoms with van der Waals surface area (Å²) < 4.78 is 4.71. The van der Waals surface area contributed by atoms with Gasteiger partial charge in [0.05, 0.1) is 6.10 Å². The van der Waals surface area contributed by atoms with E-state index in [-0.39, 0.29) is 12.5 Å². The maximum atomic E-state index is 11.0. The first-order valence-electron chi connectivity index (χ1n) is 10.8. The molecule has 0 aromatic heterocycles. The summed E-state index contributed by atoms with van der Waals surface area (Å²) in [6.45, 7) is 0. The lowest BCUT2D eigenvalue weighted by molar-refractivity contribution is -0.216. The highest BCUT2D eigenvalue weighted by atomic mass is 16.6. The Labute approximate surface area is 163 Å². The largest absolute Gasteiger partial charge is 0.477 e. The third-order valence-electron chi connectivity index (χ3n) is 6.66. The Morgan fingerprint density at radius 2 is 1.85 bits per heavy atom. The Kier molecular flexibility index (Phi) is 9.27. The molecule has 0 aliphatic heterocycles. The van der Waals surface area contributed by atoms with E-state index in [9.17, 15) is 15.0 Å². The number of rotatable bonds is 12. The summed E-state index contributed by atoms with van der Waals surface area (Å²) in [4.78, 5) is 11.0. The predicted molar refractivity (Wildman–Crippen MR) is 105 cm³/mol. The van der Waals surface area contributed by atoms with Crippen molar-refractivity contribution in [3.05, 3.63) is 12.2 Å². The summed E-state index contributed by atoms with van der Waals surface area (Å²) in [5.41, 5.74) is 0. The van der Waals surface area contributed by atoms with Crippen molar-refractivity contribution in [3.8, 4) is 0 Å². The Balaban J connectivity index is 1.66. The van der Waals surface area contributed by atoms with Crippen molar-refractivity contribution in [1.82, 2.24) is 0 Å². The van der Waals surface area contributed by atoms with Crippen LogP contribution >= 0.6 is 0 Å². The van der Waals surface area contributed by atoms with Crippen LogP contribution in [0, 0.1) is 17.8 Å². The van der Waals surface area contributed by atoms with E-state index in [2.05, 4.69) is 12.2 Å². The van der Waals surface area contributed by atoms with Gasteiger partial charge in [0.15, 0.2) is 0 Å². The number of aliphatic hydroxyl groups excluding tert-OH is 1. The highest BCUT2D eigenvalue weighted by molar-refractivity contribution is 5.75. The van der Waals surface area contributed by atoms with Crippen molar-refractivity contribution in [1.29, 1.82) is 0 Å². The molecular formula is C22H38O5. The number of methoxy groups -OCH3 is 1. The van der Waals surface area contributed by atoms with E-state index in [1.54, 1.807) is 0 Å². The van der Waals surface area contributed by atoms with Gasteiger partial charge in [0.1, 0.15) is 0 Å². The quantitative estimate of drug-likeness (QED) is 0.266. The van der Waals surface area contributed by atoms with Crippen LogP contribution < -0.4 is 0 Å². The molecule has 156 valence electrons. The van der Waals surface area contributed by atoms with Gasteiger partial charge in [-0.1, -0.05) is 50.7 Å².